The topological polar surface area (TPSA) is 82.1 Å². The standard InChI is InChI=1S/C18H33N3O4/c1-15(22)19-16-4-10-20(11-5-16)14-18(24)7-3-9-21(12-8-18)17(23)6-13-25-2/h16,24H,3-14H2,1-2H3,(H,19,22)/t18-/m1/s1. The van der Waals surface area contributed by atoms with Crippen LogP contribution < -0.4 is 5.32 Å². The number of piperidine rings is 1. The quantitative estimate of drug-likeness (QED) is 0.719. The van der Waals surface area contributed by atoms with Crippen LogP contribution >= 0.6 is 0 Å². The van der Waals surface area contributed by atoms with E-state index in [2.05, 4.69) is 10.2 Å². The molecule has 2 rings (SSSR count). The van der Waals surface area contributed by atoms with Gasteiger partial charge in [0.2, 0.25) is 11.8 Å². The minimum Gasteiger partial charge on any atom is -0.388 e. The van der Waals surface area contributed by atoms with Crippen LogP contribution in [0, 0.1) is 0 Å². The lowest BCUT2D eigenvalue weighted by atomic mass is 9.93. The number of β-amino-alcohol motifs (C(OH)–C–C–N with tert-alkyl or cyclic N) is 1. The Balaban J connectivity index is 1.78. The fourth-order valence-corrected chi connectivity index (χ4v) is 3.87. The summed E-state index contributed by atoms with van der Waals surface area (Å²) in [5.74, 6) is 0.140. The van der Waals surface area contributed by atoms with Crippen molar-refractivity contribution in [3.8, 4) is 0 Å². The highest BCUT2D eigenvalue weighted by atomic mass is 16.5. The summed E-state index contributed by atoms with van der Waals surface area (Å²) in [4.78, 5) is 27.5. The number of hydrogen-bond donors (Lipinski definition) is 2. The molecule has 2 amide bonds. The van der Waals surface area contributed by atoms with Crippen LogP contribution in [0.25, 0.3) is 0 Å². The average molecular weight is 355 g/mol. The van der Waals surface area contributed by atoms with Crippen LogP contribution in [0.5, 0.6) is 0 Å². The van der Waals surface area contributed by atoms with Crippen LogP contribution in [0.4, 0.5) is 0 Å². The number of rotatable bonds is 6. The SMILES string of the molecule is COCCC(=O)N1CCC[C@](O)(CN2CCC(NC(C)=O)CC2)CC1. The van der Waals surface area contributed by atoms with Crippen molar-refractivity contribution in [1.29, 1.82) is 0 Å². The molecule has 7 heteroatoms. The molecule has 7 nitrogen and oxygen atoms in total. The average Bonchev–Trinajstić information content (AvgIpc) is 2.76. The molecule has 2 fully saturated rings. The lowest BCUT2D eigenvalue weighted by Crippen LogP contribution is -2.50. The molecule has 0 unspecified atom stereocenters. The minimum atomic E-state index is -0.725. The molecule has 0 aromatic heterocycles. The zero-order valence-corrected chi connectivity index (χ0v) is 15.6. The highest BCUT2D eigenvalue weighted by molar-refractivity contribution is 5.76. The number of carbonyl (C=O) groups excluding carboxylic acids is 2. The maximum atomic E-state index is 12.2. The van der Waals surface area contributed by atoms with Crippen LogP contribution in [0.2, 0.25) is 0 Å². The van der Waals surface area contributed by atoms with Crippen molar-refractivity contribution < 1.29 is 19.4 Å². The van der Waals surface area contributed by atoms with Gasteiger partial charge < -0.3 is 25.0 Å². The van der Waals surface area contributed by atoms with E-state index in [1.165, 1.54) is 0 Å². The van der Waals surface area contributed by atoms with Gasteiger partial charge in [0, 0.05) is 52.8 Å². The summed E-state index contributed by atoms with van der Waals surface area (Å²) < 4.78 is 4.98. The summed E-state index contributed by atoms with van der Waals surface area (Å²) in [6.45, 7) is 5.77. The van der Waals surface area contributed by atoms with Gasteiger partial charge in [0.25, 0.3) is 0 Å². The fraction of sp³-hybridized carbons (Fsp3) is 0.889. The predicted molar refractivity (Wildman–Crippen MR) is 95.2 cm³/mol. The molecular weight excluding hydrogens is 322 g/mol. The Morgan fingerprint density at radius 2 is 1.92 bits per heavy atom. The van der Waals surface area contributed by atoms with Crippen molar-refractivity contribution >= 4 is 11.8 Å². The van der Waals surface area contributed by atoms with Gasteiger partial charge in [-0.25, -0.2) is 0 Å². The Kier molecular flexibility index (Phi) is 7.65. The molecule has 144 valence electrons. The third-order valence-corrected chi connectivity index (χ3v) is 5.30. The van der Waals surface area contributed by atoms with Crippen LogP contribution in [0.1, 0.15) is 45.4 Å². The molecule has 0 bridgehead atoms. The largest absolute Gasteiger partial charge is 0.388 e. The second-order valence-electron chi connectivity index (χ2n) is 7.45. The summed E-state index contributed by atoms with van der Waals surface area (Å²) in [5, 5.41) is 14.0. The molecule has 0 spiro atoms. The number of aliphatic hydroxyl groups is 1. The van der Waals surface area contributed by atoms with E-state index in [-0.39, 0.29) is 17.9 Å². The molecule has 2 N–H and O–H groups in total. The number of nitrogens with zero attached hydrogens (tertiary/aromatic N) is 2. The molecule has 1 atom stereocenters. The Morgan fingerprint density at radius 1 is 1.20 bits per heavy atom. The zero-order valence-electron chi connectivity index (χ0n) is 15.6. The van der Waals surface area contributed by atoms with E-state index < -0.39 is 5.60 Å². The number of likely N-dealkylation sites (tertiary alicyclic amines) is 2. The van der Waals surface area contributed by atoms with Crippen LogP contribution in [-0.2, 0) is 14.3 Å². The zero-order chi connectivity index (χ0) is 18.3. The van der Waals surface area contributed by atoms with Gasteiger partial charge >= 0.3 is 0 Å². The number of carbonyl (C=O) groups is 2. The van der Waals surface area contributed by atoms with Crippen molar-refractivity contribution in [2.45, 2.75) is 57.1 Å². The summed E-state index contributed by atoms with van der Waals surface area (Å²) in [6.07, 6.45) is 4.45. The Bertz CT molecular complexity index is 452. The van der Waals surface area contributed by atoms with Crippen molar-refractivity contribution in [3.63, 3.8) is 0 Å². The number of nitrogens with one attached hydrogen (secondary N) is 1. The van der Waals surface area contributed by atoms with E-state index in [0.717, 1.165) is 45.3 Å². The molecule has 25 heavy (non-hydrogen) atoms. The lowest BCUT2D eigenvalue weighted by molar-refractivity contribution is -0.132. The molecule has 0 saturated carbocycles. The van der Waals surface area contributed by atoms with E-state index in [1.54, 1.807) is 14.0 Å². The van der Waals surface area contributed by atoms with E-state index in [4.69, 9.17) is 4.74 Å². The second kappa shape index (κ2) is 9.50. The van der Waals surface area contributed by atoms with E-state index in [0.29, 0.717) is 32.5 Å². The van der Waals surface area contributed by atoms with Gasteiger partial charge in [-0.1, -0.05) is 0 Å². The number of methoxy groups -OCH3 is 1. The molecule has 2 aliphatic heterocycles. The van der Waals surface area contributed by atoms with Crippen molar-refractivity contribution in [1.82, 2.24) is 15.1 Å². The summed E-state index contributed by atoms with van der Waals surface area (Å²) in [5.41, 5.74) is -0.725. The van der Waals surface area contributed by atoms with Crippen LogP contribution in [0.15, 0.2) is 0 Å². The third-order valence-electron chi connectivity index (χ3n) is 5.30. The monoisotopic (exact) mass is 355 g/mol. The first-order valence-electron chi connectivity index (χ1n) is 9.40. The van der Waals surface area contributed by atoms with Gasteiger partial charge in [-0.3, -0.25) is 9.59 Å². The molecule has 0 aliphatic carbocycles. The van der Waals surface area contributed by atoms with E-state index >= 15 is 0 Å². The van der Waals surface area contributed by atoms with Crippen LogP contribution in [0.3, 0.4) is 0 Å². The molecule has 2 saturated heterocycles. The third kappa shape index (κ3) is 6.56. The Labute approximate surface area is 150 Å². The van der Waals surface area contributed by atoms with Gasteiger partial charge in [-0.15, -0.1) is 0 Å². The van der Waals surface area contributed by atoms with Gasteiger partial charge in [0.15, 0.2) is 0 Å². The molecule has 2 aliphatic rings. The van der Waals surface area contributed by atoms with Gasteiger partial charge in [-0.2, -0.15) is 0 Å². The van der Waals surface area contributed by atoms with E-state index in [1.807, 2.05) is 4.90 Å². The number of hydrogen-bond acceptors (Lipinski definition) is 5. The first-order chi connectivity index (χ1) is 11.9. The number of amides is 2. The Hall–Kier alpha value is -1.18. The first-order valence-corrected chi connectivity index (χ1v) is 9.40. The summed E-state index contributed by atoms with van der Waals surface area (Å²) in [6, 6.07) is 0.256. The van der Waals surface area contributed by atoms with Crippen molar-refractivity contribution in [2.75, 3.05) is 46.4 Å². The van der Waals surface area contributed by atoms with Gasteiger partial charge in [-0.05, 0) is 32.1 Å². The highest BCUT2D eigenvalue weighted by Gasteiger charge is 2.34. The van der Waals surface area contributed by atoms with Crippen molar-refractivity contribution in [2.24, 2.45) is 0 Å². The molecule has 0 radical (unpaired) electrons. The molecule has 2 heterocycles. The minimum absolute atomic E-state index is 0.0269. The second-order valence-corrected chi connectivity index (χ2v) is 7.45. The smallest absolute Gasteiger partial charge is 0.224 e. The van der Waals surface area contributed by atoms with Crippen LogP contribution in [-0.4, -0.2) is 84.8 Å². The first kappa shape index (κ1) is 20.1. The number of ether oxygens (including phenoxy) is 1. The summed E-state index contributed by atoms with van der Waals surface area (Å²) in [7, 11) is 1.60. The maximum absolute atomic E-state index is 12.2. The van der Waals surface area contributed by atoms with E-state index in [9.17, 15) is 14.7 Å². The lowest BCUT2D eigenvalue weighted by Gasteiger charge is -2.38. The molecular formula is C18H33N3O4. The maximum Gasteiger partial charge on any atom is 0.224 e. The highest BCUT2D eigenvalue weighted by Crippen LogP contribution is 2.25. The predicted octanol–water partition coefficient (Wildman–Crippen LogP) is 0.367. The van der Waals surface area contributed by atoms with Gasteiger partial charge in [0.05, 0.1) is 18.6 Å². The molecule has 0 aromatic rings. The Morgan fingerprint density at radius 3 is 2.56 bits per heavy atom. The fourth-order valence-electron chi connectivity index (χ4n) is 3.87. The normalized spacial score (nSPS) is 26.3. The van der Waals surface area contributed by atoms with Crippen molar-refractivity contribution in [3.05, 3.63) is 0 Å². The van der Waals surface area contributed by atoms with Gasteiger partial charge in [0.1, 0.15) is 0 Å². The molecule has 0 aromatic carbocycles. The summed E-state index contributed by atoms with van der Waals surface area (Å²) >= 11 is 0.